The molecule has 3 heterocycles. The van der Waals surface area contributed by atoms with Crippen molar-refractivity contribution in [3.05, 3.63) is 28.2 Å². The zero-order valence-electron chi connectivity index (χ0n) is 15.2. The number of β-lactam (4-membered cyclic amide) rings is 1. The number of nitrogens with zero attached hydrogens (tertiary/aromatic N) is 3. The molecule has 2 saturated heterocycles. The summed E-state index contributed by atoms with van der Waals surface area (Å²) in [6.45, 7) is -0.495. The second-order valence-electron chi connectivity index (χ2n) is 6.36. The van der Waals surface area contributed by atoms with Gasteiger partial charge in [0.25, 0.3) is 5.91 Å². The standard InChI is InChI=1S/C14H17N7O8S/c15-7-6-19(12(7)25)13(26)18-30(28,29)21-3-1-2-20(14(21)27)17-11(24)8-4-9(22)10(23)5-16-8/h4-5,7,23H,1-3,6,15H2,(H,16,22)(H,17,24)(H,18,26). The Morgan fingerprint density at radius 2 is 1.93 bits per heavy atom. The maximum absolute atomic E-state index is 12.5. The summed E-state index contributed by atoms with van der Waals surface area (Å²) >= 11 is 0. The summed E-state index contributed by atoms with van der Waals surface area (Å²) in [5, 5.41) is 9.88. The zero-order chi connectivity index (χ0) is 22.2. The van der Waals surface area contributed by atoms with E-state index in [-0.39, 0.29) is 31.7 Å². The van der Waals surface area contributed by atoms with E-state index in [1.54, 1.807) is 4.72 Å². The van der Waals surface area contributed by atoms with Gasteiger partial charge in [-0.25, -0.2) is 23.6 Å². The van der Waals surface area contributed by atoms with Gasteiger partial charge in [-0.15, -0.1) is 0 Å². The molecule has 1 aromatic heterocycles. The number of aromatic hydroxyl groups is 1. The topological polar surface area (TPSA) is 215 Å². The lowest BCUT2D eigenvalue weighted by Gasteiger charge is -2.36. The SMILES string of the molecule is NC1CN(C(=O)NS(=O)(=O)N2CCCN(NC(=O)c3cc(=O)c(O)c[nH]3)C2=O)C1=O. The highest BCUT2D eigenvalue weighted by molar-refractivity contribution is 7.88. The number of imide groups is 1. The number of nitrogens with one attached hydrogen (secondary N) is 3. The number of urea groups is 2. The minimum atomic E-state index is -4.67. The van der Waals surface area contributed by atoms with Gasteiger partial charge in [0, 0.05) is 25.4 Å². The summed E-state index contributed by atoms with van der Waals surface area (Å²) in [6, 6.07) is -2.52. The number of aromatic amines is 1. The van der Waals surface area contributed by atoms with E-state index in [2.05, 4.69) is 10.4 Å². The van der Waals surface area contributed by atoms with Crippen molar-refractivity contribution in [1.29, 1.82) is 0 Å². The predicted octanol–water partition coefficient (Wildman–Crippen LogP) is -3.02. The minimum absolute atomic E-state index is 0.0493. The van der Waals surface area contributed by atoms with E-state index in [9.17, 15) is 37.5 Å². The number of hydrogen-bond acceptors (Lipinski definition) is 9. The van der Waals surface area contributed by atoms with E-state index >= 15 is 0 Å². The highest BCUT2D eigenvalue weighted by atomic mass is 32.2. The first kappa shape index (κ1) is 21.1. The second-order valence-corrected chi connectivity index (χ2v) is 7.96. The Hall–Kier alpha value is -3.66. The number of H-pyrrole nitrogens is 1. The smallest absolute Gasteiger partial charge is 0.353 e. The van der Waals surface area contributed by atoms with Crippen molar-refractivity contribution < 1.29 is 32.7 Å². The van der Waals surface area contributed by atoms with Crippen LogP contribution in [0.1, 0.15) is 16.9 Å². The van der Waals surface area contributed by atoms with Crippen LogP contribution in [0.3, 0.4) is 0 Å². The maximum atomic E-state index is 12.5. The highest BCUT2D eigenvalue weighted by Crippen LogP contribution is 2.14. The van der Waals surface area contributed by atoms with Crippen LogP contribution in [0, 0.1) is 0 Å². The van der Waals surface area contributed by atoms with Crippen LogP contribution < -0.4 is 21.3 Å². The minimum Gasteiger partial charge on any atom is -0.503 e. The van der Waals surface area contributed by atoms with E-state index in [4.69, 9.17) is 5.73 Å². The number of aromatic nitrogens is 1. The third-order valence-corrected chi connectivity index (χ3v) is 5.63. The number of likely N-dealkylation sites (tertiary alicyclic amines) is 1. The second kappa shape index (κ2) is 7.64. The third-order valence-electron chi connectivity index (χ3n) is 4.27. The van der Waals surface area contributed by atoms with Gasteiger partial charge in [-0.2, -0.15) is 8.42 Å². The normalized spacial score (nSPS) is 19.4. The number of amides is 6. The van der Waals surface area contributed by atoms with Gasteiger partial charge in [-0.1, -0.05) is 0 Å². The zero-order valence-corrected chi connectivity index (χ0v) is 16.0. The van der Waals surface area contributed by atoms with Crippen LogP contribution in [-0.2, 0) is 15.0 Å². The molecule has 16 heteroatoms. The van der Waals surface area contributed by atoms with Crippen molar-refractivity contribution >= 4 is 34.1 Å². The van der Waals surface area contributed by atoms with Gasteiger partial charge < -0.3 is 15.8 Å². The van der Waals surface area contributed by atoms with Crippen LogP contribution >= 0.6 is 0 Å². The van der Waals surface area contributed by atoms with E-state index in [0.29, 0.717) is 14.2 Å². The fourth-order valence-electron chi connectivity index (χ4n) is 2.66. The molecular formula is C14H17N7O8S. The number of rotatable bonds is 4. The van der Waals surface area contributed by atoms with Crippen molar-refractivity contribution in [1.82, 2.24) is 29.3 Å². The molecule has 0 spiro atoms. The average Bonchev–Trinajstić information content (AvgIpc) is 2.68. The summed E-state index contributed by atoms with van der Waals surface area (Å²) in [4.78, 5) is 62.4. The molecule has 0 aromatic carbocycles. The number of pyridine rings is 1. The number of hydrogen-bond donors (Lipinski definition) is 5. The van der Waals surface area contributed by atoms with Gasteiger partial charge in [0.2, 0.25) is 11.3 Å². The first-order valence-corrected chi connectivity index (χ1v) is 9.91. The van der Waals surface area contributed by atoms with Crippen molar-refractivity contribution in [2.24, 2.45) is 5.73 Å². The number of carbonyl (C=O) groups is 4. The molecule has 15 nitrogen and oxygen atoms in total. The lowest BCUT2D eigenvalue weighted by Crippen LogP contribution is -2.67. The van der Waals surface area contributed by atoms with Gasteiger partial charge in [-0.05, 0) is 6.42 Å². The lowest BCUT2D eigenvalue weighted by atomic mass is 10.1. The summed E-state index contributed by atoms with van der Waals surface area (Å²) in [5.74, 6) is -2.32. The molecule has 6 amide bonds. The first-order chi connectivity index (χ1) is 14.0. The van der Waals surface area contributed by atoms with Crippen LogP contribution in [0.15, 0.2) is 17.1 Å². The van der Waals surface area contributed by atoms with Gasteiger partial charge in [0.1, 0.15) is 11.7 Å². The molecule has 2 fully saturated rings. The molecule has 2 aliphatic rings. The molecule has 0 saturated carbocycles. The molecule has 30 heavy (non-hydrogen) atoms. The molecule has 2 aliphatic heterocycles. The largest absolute Gasteiger partial charge is 0.503 e. The Bertz CT molecular complexity index is 1080. The monoisotopic (exact) mass is 443 g/mol. The highest BCUT2D eigenvalue weighted by Gasteiger charge is 2.42. The van der Waals surface area contributed by atoms with Crippen LogP contribution in [0.4, 0.5) is 9.59 Å². The molecule has 6 N–H and O–H groups in total. The number of nitrogens with two attached hydrogens (primary N) is 1. The van der Waals surface area contributed by atoms with Crippen molar-refractivity contribution in [2.45, 2.75) is 12.5 Å². The van der Waals surface area contributed by atoms with Crippen LogP contribution in [0.25, 0.3) is 0 Å². The fraction of sp³-hybridized carbons (Fsp3) is 0.357. The molecule has 0 radical (unpaired) electrons. The van der Waals surface area contributed by atoms with E-state index < -0.39 is 51.3 Å². The fourth-order valence-corrected chi connectivity index (χ4v) is 3.77. The van der Waals surface area contributed by atoms with E-state index in [1.807, 2.05) is 0 Å². The summed E-state index contributed by atoms with van der Waals surface area (Å²) < 4.78 is 26.7. The van der Waals surface area contributed by atoms with Crippen LogP contribution in [0.2, 0.25) is 0 Å². The molecule has 3 rings (SSSR count). The maximum Gasteiger partial charge on any atom is 0.353 e. The molecule has 1 atom stereocenters. The first-order valence-electron chi connectivity index (χ1n) is 8.47. The summed E-state index contributed by atoms with van der Waals surface area (Å²) in [5.41, 5.74) is 6.36. The average molecular weight is 443 g/mol. The molecule has 162 valence electrons. The Kier molecular flexibility index (Phi) is 5.36. The van der Waals surface area contributed by atoms with Gasteiger partial charge in [0.05, 0.1) is 6.54 Å². The van der Waals surface area contributed by atoms with Crippen molar-refractivity contribution in [2.75, 3.05) is 19.6 Å². The predicted molar refractivity (Wildman–Crippen MR) is 96.8 cm³/mol. The van der Waals surface area contributed by atoms with E-state index in [1.165, 1.54) is 0 Å². The third kappa shape index (κ3) is 3.90. The van der Waals surface area contributed by atoms with Crippen molar-refractivity contribution in [3.8, 4) is 5.75 Å². The summed E-state index contributed by atoms with van der Waals surface area (Å²) in [7, 11) is -4.67. The number of hydrazine groups is 1. The summed E-state index contributed by atoms with van der Waals surface area (Å²) in [6.07, 6.45) is 0.991. The molecule has 0 bridgehead atoms. The molecular weight excluding hydrogens is 426 g/mol. The van der Waals surface area contributed by atoms with Crippen molar-refractivity contribution in [3.63, 3.8) is 0 Å². The Morgan fingerprint density at radius 3 is 2.53 bits per heavy atom. The molecule has 1 aromatic rings. The van der Waals surface area contributed by atoms with Gasteiger partial charge in [0.15, 0.2) is 5.75 Å². The Morgan fingerprint density at radius 1 is 1.23 bits per heavy atom. The molecule has 0 aliphatic carbocycles. The van der Waals surface area contributed by atoms with Crippen LogP contribution in [-0.4, -0.2) is 82.3 Å². The Labute approximate surface area is 168 Å². The van der Waals surface area contributed by atoms with Gasteiger partial charge in [-0.3, -0.25) is 24.7 Å². The van der Waals surface area contributed by atoms with E-state index in [0.717, 1.165) is 12.3 Å². The lowest BCUT2D eigenvalue weighted by molar-refractivity contribution is -0.137. The Balaban J connectivity index is 1.68. The quantitative estimate of drug-likeness (QED) is 0.299. The molecule has 1 unspecified atom stereocenters. The van der Waals surface area contributed by atoms with Crippen LogP contribution in [0.5, 0.6) is 5.75 Å². The number of carbonyl (C=O) groups excluding carboxylic acids is 4. The van der Waals surface area contributed by atoms with Gasteiger partial charge >= 0.3 is 22.3 Å².